The zero-order chi connectivity index (χ0) is 15.0. The summed E-state index contributed by atoms with van der Waals surface area (Å²) in [6.07, 6.45) is 0.749. The van der Waals surface area contributed by atoms with Crippen LogP contribution in [0.3, 0.4) is 0 Å². The second kappa shape index (κ2) is 5.84. The van der Waals surface area contributed by atoms with Crippen molar-refractivity contribution in [2.45, 2.75) is 77.2 Å². The highest BCUT2D eigenvalue weighted by molar-refractivity contribution is 5.02. The van der Waals surface area contributed by atoms with Crippen LogP contribution in [0.4, 0.5) is 13.2 Å². The maximum absolute atomic E-state index is 12.9. The van der Waals surface area contributed by atoms with Gasteiger partial charge < -0.3 is 5.32 Å². The van der Waals surface area contributed by atoms with E-state index < -0.39 is 12.7 Å². The highest BCUT2D eigenvalue weighted by atomic mass is 19.4. The van der Waals surface area contributed by atoms with Gasteiger partial charge in [0, 0.05) is 18.1 Å². The van der Waals surface area contributed by atoms with Crippen molar-refractivity contribution in [1.82, 2.24) is 10.2 Å². The number of hydrogen-bond acceptors (Lipinski definition) is 2. The lowest BCUT2D eigenvalue weighted by Crippen LogP contribution is -2.60. The van der Waals surface area contributed by atoms with Crippen LogP contribution < -0.4 is 5.32 Å². The van der Waals surface area contributed by atoms with E-state index in [2.05, 4.69) is 19.2 Å². The van der Waals surface area contributed by atoms with Gasteiger partial charge in [0.25, 0.3) is 0 Å². The summed E-state index contributed by atoms with van der Waals surface area (Å²) in [5, 5.41) is 3.46. The average Bonchev–Trinajstić information content (AvgIpc) is 3.11. The SMILES string of the molecule is CCNC1C(N(CC(F)(F)F)C2CC2)CCCC1(C)C. The molecule has 2 unspecified atom stereocenters. The smallest absolute Gasteiger partial charge is 0.312 e. The van der Waals surface area contributed by atoms with E-state index in [1.54, 1.807) is 4.90 Å². The van der Waals surface area contributed by atoms with Gasteiger partial charge in [0.1, 0.15) is 0 Å². The second-order valence-electron chi connectivity index (χ2n) is 7.00. The van der Waals surface area contributed by atoms with Gasteiger partial charge in [-0.2, -0.15) is 13.2 Å². The molecular formula is C15H27F3N2. The number of hydrogen-bond donors (Lipinski definition) is 1. The predicted molar refractivity (Wildman–Crippen MR) is 74.7 cm³/mol. The third kappa shape index (κ3) is 3.88. The maximum Gasteiger partial charge on any atom is 0.401 e. The molecule has 0 aromatic heterocycles. The third-order valence-electron chi connectivity index (χ3n) is 4.78. The van der Waals surface area contributed by atoms with Crippen LogP contribution in [-0.4, -0.2) is 42.3 Å². The Morgan fingerprint density at radius 1 is 1.20 bits per heavy atom. The van der Waals surface area contributed by atoms with Crippen LogP contribution in [0.15, 0.2) is 0 Å². The summed E-state index contributed by atoms with van der Waals surface area (Å²) in [5.74, 6) is 0. The molecule has 0 aromatic rings. The Morgan fingerprint density at radius 2 is 1.85 bits per heavy atom. The fraction of sp³-hybridized carbons (Fsp3) is 1.00. The number of likely N-dealkylation sites (N-methyl/N-ethyl adjacent to an activating group) is 1. The maximum atomic E-state index is 12.9. The molecule has 0 radical (unpaired) electrons. The first kappa shape index (κ1) is 16.1. The predicted octanol–water partition coefficient (Wildman–Crippen LogP) is 3.57. The molecule has 2 rings (SSSR count). The Balaban J connectivity index is 2.16. The molecule has 0 heterocycles. The first-order valence-corrected chi connectivity index (χ1v) is 7.80. The van der Waals surface area contributed by atoms with Gasteiger partial charge in [0.2, 0.25) is 0 Å². The average molecular weight is 292 g/mol. The van der Waals surface area contributed by atoms with E-state index in [1.165, 1.54) is 0 Å². The van der Waals surface area contributed by atoms with E-state index in [1.807, 2.05) is 6.92 Å². The summed E-state index contributed by atoms with van der Waals surface area (Å²) in [6, 6.07) is 0.328. The summed E-state index contributed by atoms with van der Waals surface area (Å²) < 4.78 is 38.7. The van der Waals surface area contributed by atoms with Gasteiger partial charge in [-0.25, -0.2) is 0 Å². The van der Waals surface area contributed by atoms with Crippen molar-refractivity contribution in [2.24, 2.45) is 5.41 Å². The van der Waals surface area contributed by atoms with E-state index in [4.69, 9.17) is 0 Å². The highest BCUT2D eigenvalue weighted by Gasteiger charge is 2.47. The molecule has 20 heavy (non-hydrogen) atoms. The Hall–Kier alpha value is -0.290. The summed E-state index contributed by atoms with van der Waals surface area (Å²) >= 11 is 0. The van der Waals surface area contributed by atoms with Crippen molar-refractivity contribution in [3.63, 3.8) is 0 Å². The Bertz CT molecular complexity index is 324. The molecule has 0 spiro atoms. The zero-order valence-corrected chi connectivity index (χ0v) is 12.8. The number of alkyl halides is 3. The molecule has 2 aliphatic carbocycles. The quantitative estimate of drug-likeness (QED) is 0.833. The van der Waals surface area contributed by atoms with Gasteiger partial charge in [-0.05, 0) is 37.6 Å². The molecule has 5 heteroatoms. The van der Waals surface area contributed by atoms with Crippen LogP contribution in [0.2, 0.25) is 0 Å². The fourth-order valence-corrected chi connectivity index (χ4v) is 3.73. The molecule has 0 aromatic carbocycles. The number of halogens is 3. The topological polar surface area (TPSA) is 15.3 Å². The molecule has 0 aliphatic heterocycles. The van der Waals surface area contributed by atoms with Crippen molar-refractivity contribution in [2.75, 3.05) is 13.1 Å². The first-order chi connectivity index (χ1) is 9.24. The number of nitrogens with one attached hydrogen (secondary N) is 1. The summed E-state index contributed by atoms with van der Waals surface area (Å²) in [5.41, 5.74) is 0.0671. The van der Waals surface area contributed by atoms with Crippen molar-refractivity contribution in [1.29, 1.82) is 0 Å². The van der Waals surface area contributed by atoms with E-state index in [0.29, 0.717) is 0 Å². The largest absolute Gasteiger partial charge is 0.401 e. The standard InChI is InChI=1S/C15H27F3N2/c1-4-19-13-12(6-5-9-14(13,2)3)20(11-7-8-11)10-15(16,17)18/h11-13,19H,4-10H2,1-3H3. The Kier molecular flexibility index (Phi) is 4.69. The fourth-order valence-electron chi connectivity index (χ4n) is 3.73. The molecule has 118 valence electrons. The normalized spacial score (nSPS) is 30.8. The lowest BCUT2D eigenvalue weighted by atomic mass is 9.70. The number of rotatable bonds is 5. The lowest BCUT2D eigenvalue weighted by Gasteiger charge is -2.49. The minimum Gasteiger partial charge on any atom is -0.312 e. The first-order valence-electron chi connectivity index (χ1n) is 7.80. The van der Waals surface area contributed by atoms with E-state index in [9.17, 15) is 13.2 Å². The minimum atomic E-state index is -4.10. The summed E-state index contributed by atoms with van der Waals surface area (Å²) in [4.78, 5) is 1.74. The second-order valence-corrected chi connectivity index (χ2v) is 7.00. The summed E-state index contributed by atoms with van der Waals surface area (Å²) in [6.45, 7) is 6.47. The Morgan fingerprint density at radius 3 is 2.35 bits per heavy atom. The van der Waals surface area contributed by atoms with Crippen molar-refractivity contribution in [3.05, 3.63) is 0 Å². The minimum absolute atomic E-state index is 0.0211. The monoisotopic (exact) mass is 292 g/mol. The van der Waals surface area contributed by atoms with Gasteiger partial charge in [-0.3, -0.25) is 4.90 Å². The van der Waals surface area contributed by atoms with E-state index in [-0.39, 0.29) is 23.5 Å². The number of nitrogens with zero attached hydrogens (tertiary/aromatic N) is 1. The molecule has 2 atom stereocenters. The van der Waals surface area contributed by atoms with Gasteiger partial charge in [-0.15, -0.1) is 0 Å². The lowest BCUT2D eigenvalue weighted by molar-refractivity contribution is -0.157. The molecule has 0 amide bonds. The van der Waals surface area contributed by atoms with Crippen molar-refractivity contribution in [3.8, 4) is 0 Å². The van der Waals surface area contributed by atoms with Crippen LogP contribution >= 0.6 is 0 Å². The van der Waals surface area contributed by atoms with Gasteiger partial charge in [0.15, 0.2) is 0 Å². The summed E-state index contributed by atoms with van der Waals surface area (Å²) in [7, 11) is 0. The molecular weight excluding hydrogens is 265 g/mol. The van der Waals surface area contributed by atoms with Gasteiger partial charge in [-0.1, -0.05) is 27.2 Å². The molecule has 0 bridgehead atoms. The van der Waals surface area contributed by atoms with Crippen LogP contribution in [-0.2, 0) is 0 Å². The van der Waals surface area contributed by atoms with Crippen LogP contribution in [0.25, 0.3) is 0 Å². The van der Waals surface area contributed by atoms with Gasteiger partial charge in [0.05, 0.1) is 6.54 Å². The van der Waals surface area contributed by atoms with Gasteiger partial charge >= 0.3 is 6.18 Å². The zero-order valence-electron chi connectivity index (χ0n) is 12.8. The Labute approximate surface area is 120 Å². The van der Waals surface area contributed by atoms with Crippen LogP contribution in [0.5, 0.6) is 0 Å². The molecule has 2 aliphatic rings. The van der Waals surface area contributed by atoms with E-state index in [0.717, 1.165) is 38.6 Å². The third-order valence-corrected chi connectivity index (χ3v) is 4.78. The van der Waals surface area contributed by atoms with Crippen LogP contribution in [0, 0.1) is 5.41 Å². The molecule has 2 fully saturated rings. The van der Waals surface area contributed by atoms with Crippen molar-refractivity contribution < 1.29 is 13.2 Å². The van der Waals surface area contributed by atoms with Crippen molar-refractivity contribution >= 4 is 0 Å². The van der Waals surface area contributed by atoms with Crippen LogP contribution in [0.1, 0.15) is 52.9 Å². The highest BCUT2D eigenvalue weighted by Crippen LogP contribution is 2.42. The molecule has 1 N–H and O–H groups in total. The molecule has 2 nitrogen and oxygen atoms in total. The van der Waals surface area contributed by atoms with E-state index >= 15 is 0 Å². The molecule has 2 saturated carbocycles. The molecule has 0 saturated heterocycles.